The number of amides is 12. The molecule has 0 radical (unpaired) electrons. The van der Waals surface area contributed by atoms with Crippen LogP contribution in [0.15, 0.2) is 12.2 Å². The quantitative estimate of drug-likeness (QED) is 0.147. The molecular weight excluding hydrogens is 1430 g/mol. The van der Waals surface area contributed by atoms with Crippen LogP contribution in [-0.2, 0) is 71.7 Å². The molecule has 3 unspecified atom stereocenters. The Labute approximate surface area is 649 Å². The minimum atomic E-state index is -4.52. The number of hydrogen-bond acceptors (Lipinski definition) is 15. The van der Waals surface area contributed by atoms with E-state index in [0.29, 0.717) is 38.0 Å². The predicted octanol–water partition coefficient (Wildman–Crippen LogP) is 6.09. The molecule has 620 valence electrons. The van der Waals surface area contributed by atoms with Gasteiger partial charge in [-0.3, -0.25) is 57.5 Å². The number of alkyl halides is 3. The van der Waals surface area contributed by atoms with E-state index in [1.807, 2.05) is 39.8 Å². The predicted molar refractivity (Wildman–Crippen MR) is 404 cm³/mol. The average Bonchev–Trinajstić information content (AvgIpc) is 0.808. The van der Waals surface area contributed by atoms with Crippen LogP contribution in [0.2, 0.25) is 0 Å². The summed E-state index contributed by atoms with van der Waals surface area (Å²) in [5.74, 6) is -10.2. The normalized spacial score (nSPS) is 32.4. The van der Waals surface area contributed by atoms with Gasteiger partial charge in [0.2, 0.25) is 70.9 Å². The highest BCUT2D eigenvalue weighted by atomic mass is 19.4. The van der Waals surface area contributed by atoms with Crippen molar-refractivity contribution < 1.29 is 84.9 Å². The summed E-state index contributed by atoms with van der Waals surface area (Å²) in [7, 11) is 9.96. The molecule has 110 heavy (non-hydrogen) atoms. The monoisotopic (exact) mass is 1550 g/mol. The molecule has 4 heterocycles. The zero-order valence-electron chi connectivity index (χ0n) is 68.2. The molecule has 3 N–H and O–H groups in total. The number of carbonyl (C=O) groups excluding carboxylic acids is 12. The molecule has 0 aromatic carbocycles. The highest BCUT2D eigenvalue weighted by Gasteiger charge is 2.60. The fourth-order valence-electron chi connectivity index (χ4n) is 18.9. The number of rotatable bonds is 16. The number of halogens is 3. The second-order valence-electron chi connectivity index (χ2n) is 34.2. The lowest BCUT2D eigenvalue weighted by Gasteiger charge is -2.54. The molecule has 0 aromatic heterocycles. The molecule has 0 aromatic rings. The standard InChI is InChI=1S/C80H129F3N12O15/c1-16-39-110-51(6)66-75(105)93-38-24-28-58(93)73(103)90(12)57-27-20-19-23-37-94(74(57)104)61(41-52-31-29-49(4)30-32-52)72(102)88(10)45-64(96)84-56(36-34-53-33-35-55(80(81,82)83)63(42-53)108-15)70(100)95-44-50(5)40-59(95)69(99)86-79(47-78(7,8)48-79)77(107)92(14)67(54-25-21-22-26-54)76(106)91(13)60(71(101)87(9)17-2)43-65(97)89(11)62(46-109-18-3)68(98)85-66/h19-20,49-63,66-67H,16-18,21-48H2,1-15H3,(H,84,96)(H,85,98)(H,86,99)/b20-19-/t49?,50-,51+,52?,53?,55?,56-,57-,58-,59-,60-,61-,62-,63?,66-,67-/m0/s1. The summed E-state index contributed by atoms with van der Waals surface area (Å²) in [6.07, 6.45) is 4.30. The number of nitrogens with zero attached hydrogens (tertiary/aromatic N) is 9. The van der Waals surface area contributed by atoms with Crippen molar-refractivity contribution in [3.8, 4) is 0 Å². The minimum absolute atomic E-state index is 0.00939. The van der Waals surface area contributed by atoms with Crippen molar-refractivity contribution in [2.75, 3.05) is 102 Å². The number of ether oxygens (including phenoxy) is 3. The van der Waals surface area contributed by atoms with E-state index in [2.05, 4.69) is 22.9 Å². The lowest BCUT2D eigenvalue weighted by molar-refractivity contribution is -0.215. The molecular formula is C80H129F3N12O15. The summed E-state index contributed by atoms with van der Waals surface area (Å²) >= 11 is 0. The molecule has 8 rings (SSSR count). The number of hydrogen-bond donors (Lipinski definition) is 3. The summed E-state index contributed by atoms with van der Waals surface area (Å²) in [6, 6.07) is -11.6. The molecule has 4 saturated carbocycles. The number of methoxy groups -OCH3 is 1. The SMILES string of the molecule is CCCO[C@H](C)[C@@H]1NC(=O)[C@H](COCC)N(C)C(=O)C[C@@H](C(=O)N(C)CC)N(C)C(=O)[C@H](C2CCCC2)N(C)C(=O)C2(CC(C)(C)C2)NC(=O)[C@@H]2C[C@H](C)CN2C(=O)[C@H](CCC2CCC(C(F)(F)F)C(OC)C2)NC(=O)CN(C)C(=O)[C@H](CC2CCC(C)CC2)N2CC/C=C\C[C@@H](C2=O)N(C)C(=O)[C@@H]2CCCN2C1=O. The van der Waals surface area contributed by atoms with E-state index in [0.717, 1.165) is 43.4 Å². The van der Waals surface area contributed by atoms with Crippen molar-refractivity contribution in [1.29, 1.82) is 0 Å². The summed E-state index contributed by atoms with van der Waals surface area (Å²) in [5, 5.41) is 8.90. The zero-order valence-corrected chi connectivity index (χ0v) is 68.2. The average molecular weight is 1560 g/mol. The van der Waals surface area contributed by atoms with Gasteiger partial charge in [-0.1, -0.05) is 85.3 Å². The van der Waals surface area contributed by atoms with Gasteiger partial charge < -0.3 is 74.3 Å². The summed E-state index contributed by atoms with van der Waals surface area (Å²) in [6.45, 7) is 14.5. The van der Waals surface area contributed by atoms with Crippen LogP contribution in [0.25, 0.3) is 0 Å². The van der Waals surface area contributed by atoms with Crippen molar-refractivity contribution in [1.82, 2.24) is 60.0 Å². The van der Waals surface area contributed by atoms with Gasteiger partial charge in [0.15, 0.2) is 0 Å². The van der Waals surface area contributed by atoms with Crippen molar-refractivity contribution >= 4 is 70.9 Å². The Hall–Kier alpha value is -6.95. The van der Waals surface area contributed by atoms with E-state index < -0.39 is 179 Å². The molecule has 30 heteroatoms. The number of fused-ring (bicyclic) bond motifs is 4. The van der Waals surface area contributed by atoms with Gasteiger partial charge in [-0.15, -0.1) is 0 Å². The van der Waals surface area contributed by atoms with Crippen LogP contribution in [0.3, 0.4) is 0 Å². The maximum absolute atomic E-state index is 15.9. The smallest absolute Gasteiger partial charge is 0.381 e. The Morgan fingerprint density at radius 2 is 1.35 bits per heavy atom. The highest BCUT2D eigenvalue weighted by molar-refractivity contribution is 6.01. The minimum Gasteiger partial charge on any atom is -0.381 e. The van der Waals surface area contributed by atoms with Gasteiger partial charge in [0.25, 0.3) is 0 Å². The van der Waals surface area contributed by atoms with Crippen LogP contribution in [0.1, 0.15) is 203 Å². The molecule has 3 saturated heterocycles. The molecule has 4 aliphatic carbocycles. The largest absolute Gasteiger partial charge is 0.394 e. The van der Waals surface area contributed by atoms with Gasteiger partial charge in [-0.25, -0.2) is 0 Å². The molecule has 8 aliphatic rings. The van der Waals surface area contributed by atoms with Crippen LogP contribution in [0, 0.1) is 40.9 Å². The second kappa shape index (κ2) is 38.7. The number of carbonyl (C=O) groups is 12. The van der Waals surface area contributed by atoms with Crippen LogP contribution in [0.4, 0.5) is 13.2 Å². The van der Waals surface area contributed by atoms with E-state index >= 15 is 47.9 Å². The van der Waals surface area contributed by atoms with E-state index in [1.165, 1.54) is 88.6 Å². The van der Waals surface area contributed by atoms with Gasteiger partial charge in [0.05, 0.1) is 37.7 Å². The molecule has 12 amide bonds. The first-order valence-corrected chi connectivity index (χ1v) is 40.8. The van der Waals surface area contributed by atoms with E-state index in [-0.39, 0.29) is 134 Å². The Morgan fingerprint density at radius 3 is 1.97 bits per heavy atom. The first kappa shape index (κ1) is 88.6. The second-order valence-corrected chi connectivity index (χ2v) is 34.2. The summed E-state index contributed by atoms with van der Waals surface area (Å²) in [4.78, 5) is 197. The Balaban J connectivity index is 1.22. The Kier molecular flexibility index (Phi) is 31.2. The number of nitrogens with one attached hydrogen (secondary N) is 3. The summed E-state index contributed by atoms with van der Waals surface area (Å²) in [5.41, 5.74) is -2.14. The van der Waals surface area contributed by atoms with Crippen molar-refractivity contribution in [3.05, 3.63) is 12.2 Å². The Bertz CT molecular complexity index is 3280. The third-order valence-electron chi connectivity index (χ3n) is 25.3. The van der Waals surface area contributed by atoms with Crippen molar-refractivity contribution in [2.45, 2.75) is 281 Å². The lowest BCUT2D eigenvalue weighted by atomic mass is 9.58. The first-order chi connectivity index (χ1) is 51.9. The molecule has 14 atom stereocenters. The maximum atomic E-state index is 15.9. The molecule has 7 fully saturated rings. The van der Waals surface area contributed by atoms with Gasteiger partial charge in [-0.05, 0) is 159 Å². The van der Waals surface area contributed by atoms with Gasteiger partial charge in [0, 0.05) is 88.8 Å². The lowest BCUT2D eigenvalue weighted by Crippen LogP contribution is -2.71. The van der Waals surface area contributed by atoms with Crippen LogP contribution < -0.4 is 16.0 Å². The van der Waals surface area contributed by atoms with Crippen molar-refractivity contribution in [3.63, 3.8) is 0 Å². The van der Waals surface area contributed by atoms with E-state index in [1.54, 1.807) is 20.8 Å². The maximum Gasteiger partial charge on any atom is 0.394 e. The van der Waals surface area contributed by atoms with Crippen LogP contribution >= 0.6 is 0 Å². The Morgan fingerprint density at radius 1 is 0.673 bits per heavy atom. The molecule has 4 aliphatic heterocycles. The summed E-state index contributed by atoms with van der Waals surface area (Å²) < 4.78 is 60.5. The van der Waals surface area contributed by atoms with Gasteiger partial charge in [0.1, 0.15) is 59.9 Å². The van der Waals surface area contributed by atoms with Gasteiger partial charge >= 0.3 is 6.18 Å². The first-order valence-electron chi connectivity index (χ1n) is 40.8. The topological polar surface area (TPSA) is 298 Å². The molecule has 27 nitrogen and oxygen atoms in total. The fourth-order valence-corrected chi connectivity index (χ4v) is 18.9. The third kappa shape index (κ3) is 21.1. The zero-order chi connectivity index (χ0) is 81.0. The highest BCUT2D eigenvalue weighted by Crippen LogP contribution is 2.50. The molecule has 2 bridgehead atoms. The fraction of sp³-hybridized carbons (Fsp3) is 0.825. The van der Waals surface area contributed by atoms with E-state index in [9.17, 15) is 22.8 Å². The van der Waals surface area contributed by atoms with Crippen LogP contribution in [0.5, 0.6) is 0 Å². The van der Waals surface area contributed by atoms with Crippen molar-refractivity contribution in [2.24, 2.45) is 40.9 Å². The van der Waals surface area contributed by atoms with Gasteiger partial charge in [-0.2, -0.15) is 13.2 Å². The van der Waals surface area contributed by atoms with E-state index in [4.69, 9.17) is 14.2 Å². The molecule has 1 spiro atoms. The third-order valence-corrected chi connectivity index (χ3v) is 25.3. The van der Waals surface area contributed by atoms with Crippen LogP contribution in [-0.4, -0.2) is 295 Å². The number of likely N-dealkylation sites (N-methyl/N-ethyl adjacent to an activating group) is 6.